The van der Waals surface area contributed by atoms with Crippen molar-refractivity contribution in [3.63, 3.8) is 0 Å². The molecule has 0 aromatic rings. The maximum atomic E-state index is 15.0. The molecule has 4 rings (SSSR count). The van der Waals surface area contributed by atoms with Gasteiger partial charge in [-0.15, -0.1) is 6.58 Å². The van der Waals surface area contributed by atoms with Crippen LogP contribution < -0.4 is 0 Å². The molecule has 2 unspecified atom stereocenters. The first-order valence-corrected chi connectivity index (χ1v) is 32.6. The molecule has 406 valence electrons. The van der Waals surface area contributed by atoms with Crippen molar-refractivity contribution in [3.05, 3.63) is 36.0 Å². The molecular formula is C56H97NO12Si2. The summed E-state index contributed by atoms with van der Waals surface area (Å²) in [6.07, 6.45) is 7.96. The summed E-state index contributed by atoms with van der Waals surface area (Å²) in [6.45, 7) is 36.1. The SMILES string of the molecule is C=CCC1/C=C(/C)C[C@@H](C)CC(OC)[C@@H]2O[C@](O)(C(=O)C(=O)N3CCCC[C@@H]3C(=O)O[C@@H](/C(C)=C/[C@H]3CC[C@H](O[Si](C)(C)C(C)(C)C)[C@@H](OC)C3)[C@@H](C)[C@H](O[Si](C)(C)C(C)(C)C)CC1=O)[C@@H](C)C[C@H]2OC. The third-order valence-electron chi connectivity index (χ3n) is 17.3. The van der Waals surface area contributed by atoms with Crippen molar-refractivity contribution in [3.8, 4) is 0 Å². The highest BCUT2D eigenvalue weighted by Gasteiger charge is 2.57. The summed E-state index contributed by atoms with van der Waals surface area (Å²) in [5.41, 5.74) is 1.83. The van der Waals surface area contributed by atoms with E-state index in [0.717, 1.165) is 24.0 Å². The molecule has 4 aliphatic rings. The maximum absolute atomic E-state index is 15.0. The number of rotatable bonds is 11. The van der Waals surface area contributed by atoms with Gasteiger partial charge in [-0.3, -0.25) is 14.4 Å². The Bertz CT molecular complexity index is 1900. The molecule has 14 atom stereocenters. The van der Waals surface area contributed by atoms with Gasteiger partial charge < -0.3 is 42.5 Å². The zero-order chi connectivity index (χ0) is 53.6. The number of ketones is 2. The number of cyclic esters (lactones) is 1. The Balaban J connectivity index is 1.89. The van der Waals surface area contributed by atoms with Crippen LogP contribution in [0.25, 0.3) is 0 Å². The third-order valence-corrected chi connectivity index (χ3v) is 26.3. The number of nitrogens with zero attached hydrogens (tertiary/aromatic N) is 1. The lowest BCUT2D eigenvalue weighted by atomic mass is 9.81. The van der Waals surface area contributed by atoms with Gasteiger partial charge in [0.15, 0.2) is 16.6 Å². The quantitative estimate of drug-likeness (QED) is 0.0906. The molecule has 2 bridgehead atoms. The van der Waals surface area contributed by atoms with E-state index in [2.05, 4.69) is 93.4 Å². The van der Waals surface area contributed by atoms with Gasteiger partial charge in [0.05, 0.1) is 30.5 Å². The number of carbonyl (C=O) groups excluding carboxylic acids is 4. The Morgan fingerprint density at radius 1 is 0.817 bits per heavy atom. The number of aliphatic hydroxyl groups is 1. The van der Waals surface area contributed by atoms with E-state index in [0.29, 0.717) is 38.5 Å². The molecule has 1 saturated carbocycles. The summed E-state index contributed by atoms with van der Waals surface area (Å²) in [7, 11) is 0.207. The van der Waals surface area contributed by atoms with E-state index in [1.807, 2.05) is 20.8 Å². The van der Waals surface area contributed by atoms with E-state index >= 15 is 4.79 Å². The Morgan fingerprint density at radius 2 is 1.39 bits per heavy atom. The van der Waals surface area contributed by atoms with Crippen molar-refractivity contribution in [2.24, 2.45) is 29.6 Å². The van der Waals surface area contributed by atoms with Gasteiger partial charge >= 0.3 is 5.97 Å². The summed E-state index contributed by atoms with van der Waals surface area (Å²) >= 11 is 0. The third kappa shape index (κ3) is 15.0. The minimum Gasteiger partial charge on any atom is -0.456 e. The number of ether oxygens (including phenoxy) is 5. The second-order valence-corrected chi connectivity index (χ2v) is 34.5. The zero-order valence-corrected chi connectivity index (χ0v) is 49.3. The van der Waals surface area contributed by atoms with Gasteiger partial charge in [-0.25, -0.2) is 4.79 Å². The van der Waals surface area contributed by atoms with Crippen molar-refractivity contribution in [2.75, 3.05) is 27.9 Å². The molecule has 1 N–H and O–H groups in total. The van der Waals surface area contributed by atoms with Crippen LogP contribution in [0.5, 0.6) is 0 Å². The van der Waals surface area contributed by atoms with E-state index in [9.17, 15) is 19.5 Å². The normalized spacial score (nSPS) is 36.3. The Morgan fingerprint density at radius 3 is 1.96 bits per heavy atom. The van der Waals surface area contributed by atoms with Gasteiger partial charge in [-0.05, 0) is 132 Å². The van der Waals surface area contributed by atoms with E-state index in [-0.39, 0.29) is 65.7 Å². The molecule has 0 radical (unpaired) electrons. The molecule has 1 aliphatic carbocycles. The molecule has 3 heterocycles. The minimum absolute atomic E-state index is 0.0114. The standard InChI is InChI=1S/C56H97NO12Si2/c1-20-23-41-29-35(2)28-36(3)30-47(64-14)50-48(65-15)32-38(5)56(62,67-50)51(59)52(60)57-27-22-21-24-42(57)53(61)66-49(39(6)45(34-43(41)58)69-71(18,19)55(10,11)12)37(4)31-40-25-26-44(46(33-40)63-13)68-70(16,17)54(7,8)9/h20,29,31,36,38-42,44-50,62H,1,21-28,30,32-34H2,2-19H3/b35-29-,37-31+/t36-,38+,39+,40-,41?,42-,44+,45-,46+,47?,48-,49+,50+,56+/m1/s1. The van der Waals surface area contributed by atoms with Crippen molar-refractivity contribution in [1.29, 1.82) is 0 Å². The molecular weight excluding hydrogens is 935 g/mol. The number of hydrogen-bond acceptors (Lipinski definition) is 12. The molecule has 1 amide bonds. The highest BCUT2D eigenvalue weighted by Crippen LogP contribution is 2.44. The van der Waals surface area contributed by atoms with Crippen LogP contribution in [0.2, 0.25) is 36.3 Å². The zero-order valence-electron chi connectivity index (χ0n) is 47.3. The van der Waals surface area contributed by atoms with Crippen LogP contribution in [0.15, 0.2) is 36.0 Å². The van der Waals surface area contributed by atoms with E-state index in [4.69, 9.17) is 32.5 Å². The van der Waals surface area contributed by atoms with Crippen LogP contribution in [0.1, 0.15) is 147 Å². The summed E-state index contributed by atoms with van der Waals surface area (Å²) in [5, 5.41) is 12.1. The minimum atomic E-state index is -2.56. The number of Topliss-reactive ketones (excluding diaryl/α,β-unsaturated/α-hetero) is 2. The first-order chi connectivity index (χ1) is 32.9. The second kappa shape index (κ2) is 25.0. The van der Waals surface area contributed by atoms with Crippen LogP contribution in [0.3, 0.4) is 0 Å². The predicted molar refractivity (Wildman–Crippen MR) is 285 cm³/mol. The first kappa shape index (κ1) is 61.2. The molecule has 3 fully saturated rings. The smallest absolute Gasteiger partial charge is 0.329 e. The fourth-order valence-corrected chi connectivity index (χ4v) is 13.6. The van der Waals surface area contributed by atoms with E-state index in [1.54, 1.807) is 34.3 Å². The Hall–Kier alpha value is -2.35. The van der Waals surface area contributed by atoms with E-state index < -0.39 is 94.4 Å². The topological polar surface area (TPSA) is 156 Å². The molecule has 13 nitrogen and oxygen atoms in total. The van der Waals surface area contributed by atoms with Crippen LogP contribution in [0.4, 0.5) is 0 Å². The largest absolute Gasteiger partial charge is 0.456 e. The molecule has 15 heteroatoms. The van der Waals surface area contributed by atoms with Crippen molar-refractivity contribution >= 4 is 40.1 Å². The Labute approximate surface area is 431 Å². The van der Waals surface area contributed by atoms with Gasteiger partial charge in [0.25, 0.3) is 11.7 Å². The van der Waals surface area contributed by atoms with Gasteiger partial charge in [-0.1, -0.05) is 86.1 Å². The summed E-state index contributed by atoms with van der Waals surface area (Å²) < 4.78 is 45.4. The average Bonchev–Trinajstić information content (AvgIpc) is 3.28. The summed E-state index contributed by atoms with van der Waals surface area (Å²) in [4.78, 5) is 60.4. The number of hydrogen-bond donors (Lipinski definition) is 1. The molecule has 0 aromatic heterocycles. The van der Waals surface area contributed by atoms with Crippen LogP contribution in [0, 0.1) is 29.6 Å². The molecule has 71 heavy (non-hydrogen) atoms. The molecule has 0 spiro atoms. The summed E-state index contributed by atoms with van der Waals surface area (Å²) in [5.74, 6) is -6.99. The second-order valence-electron chi connectivity index (χ2n) is 25.0. The molecule has 3 aliphatic heterocycles. The molecule has 0 aromatic carbocycles. The van der Waals surface area contributed by atoms with Gasteiger partial charge in [0, 0.05) is 52.0 Å². The van der Waals surface area contributed by atoms with Gasteiger partial charge in [-0.2, -0.15) is 0 Å². The highest BCUT2D eigenvalue weighted by atomic mass is 28.4. The number of methoxy groups -OCH3 is 3. The highest BCUT2D eigenvalue weighted by molar-refractivity contribution is 6.74. The maximum Gasteiger partial charge on any atom is 0.329 e. The van der Waals surface area contributed by atoms with Crippen LogP contribution in [-0.4, -0.2) is 133 Å². The number of carbonyl (C=O) groups is 4. The van der Waals surface area contributed by atoms with Crippen LogP contribution >= 0.6 is 0 Å². The summed E-state index contributed by atoms with van der Waals surface area (Å²) in [6, 6.07) is -1.11. The number of piperidine rings is 1. The van der Waals surface area contributed by atoms with Gasteiger partial charge in [0.2, 0.25) is 5.79 Å². The molecule has 2 saturated heterocycles. The van der Waals surface area contributed by atoms with Crippen molar-refractivity contribution in [1.82, 2.24) is 4.90 Å². The van der Waals surface area contributed by atoms with Gasteiger partial charge in [0.1, 0.15) is 24.0 Å². The van der Waals surface area contributed by atoms with Crippen molar-refractivity contribution < 1.29 is 56.8 Å². The monoisotopic (exact) mass is 1030 g/mol. The first-order valence-electron chi connectivity index (χ1n) is 26.7. The number of esters is 1. The lowest BCUT2D eigenvalue weighted by molar-refractivity contribution is -0.302. The fraction of sp³-hybridized carbons (Fsp3) is 0.821. The fourth-order valence-electron chi connectivity index (χ4n) is 10.8. The van der Waals surface area contributed by atoms with Crippen LogP contribution in [-0.2, 0) is 51.7 Å². The lowest BCUT2D eigenvalue weighted by Crippen LogP contribution is -2.64. The number of allylic oxidation sites excluding steroid dienone is 4. The van der Waals surface area contributed by atoms with E-state index in [1.165, 1.54) is 4.90 Å². The number of fused-ring (bicyclic) bond motifs is 3. The predicted octanol–water partition coefficient (Wildman–Crippen LogP) is 10.7. The average molecular weight is 1030 g/mol. The number of amides is 1. The van der Waals surface area contributed by atoms with Crippen molar-refractivity contribution in [2.45, 2.75) is 238 Å². The lowest BCUT2D eigenvalue weighted by Gasteiger charge is -2.47. The Kier molecular flexibility index (Phi) is 21.5.